The molecule has 15 heavy (non-hydrogen) atoms. The van der Waals surface area contributed by atoms with Crippen molar-refractivity contribution >= 4 is 10.0 Å². The molecular formula is C8H16N2O4S. The summed E-state index contributed by atoms with van der Waals surface area (Å²) in [4.78, 5) is 0. The van der Waals surface area contributed by atoms with Gasteiger partial charge in [-0.15, -0.1) is 0 Å². The summed E-state index contributed by atoms with van der Waals surface area (Å²) in [6.45, 7) is 1.56. The van der Waals surface area contributed by atoms with Crippen molar-refractivity contribution in [2.45, 2.75) is 24.7 Å². The van der Waals surface area contributed by atoms with Gasteiger partial charge in [-0.25, -0.2) is 13.1 Å². The fraction of sp³-hybridized carbons (Fsp3) is 0.875. The summed E-state index contributed by atoms with van der Waals surface area (Å²) in [5, 5.41) is 16.6. The molecule has 0 aliphatic heterocycles. The molecule has 0 bridgehead atoms. The number of aliphatic hydroxyl groups is 1. The highest BCUT2D eigenvalue weighted by Gasteiger charge is 2.19. The van der Waals surface area contributed by atoms with Gasteiger partial charge in [-0.3, -0.25) is 0 Å². The van der Waals surface area contributed by atoms with Gasteiger partial charge in [0.25, 0.3) is 0 Å². The van der Waals surface area contributed by atoms with Crippen molar-refractivity contribution in [2.24, 2.45) is 0 Å². The highest BCUT2D eigenvalue weighted by molar-refractivity contribution is 7.90. The second kappa shape index (κ2) is 6.74. The van der Waals surface area contributed by atoms with Gasteiger partial charge in [-0.05, 0) is 13.3 Å². The molecule has 0 rings (SSSR count). The van der Waals surface area contributed by atoms with Crippen LogP contribution >= 0.6 is 0 Å². The maximum absolute atomic E-state index is 11.3. The Kier molecular flexibility index (Phi) is 6.43. The third kappa shape index (κ3) is 5.69. The minimum atomic E-state index is -3.58. The van der Waals surface area contributed by atoms with Crippen LogP contribution < -0.4 is 4.72 Å². The van der Waals surface area contributed by atoms with Crippen molar-refractivity contribution in [3.63, 3.8) is 0 Å². The molecule has 6 nitrogen and oxygen atoms in total. The zero-order chi connectivity index (χ0) is 11.9. The lowest BCUT2D eigenvalue weighted by molar-refractivity contribution is 0.0603. The molecule has 0 fully saturated rings. The molecule has 0 saturated carbocycles. The van der Waals surface area contributed by atoms with Crippen LogP contribution in [0, 0.1) is 11.3 Å². The van der Waals surface area contributed by atoms with E-state index in [9.17, 15) is 13.5 Å². The lowest BCUT2D eigenvalue weighted by Gasteiger charge is -2.11. The van der Waals surface area contributed by atoms with Crippen LogP contribution in [0.25, 0.3) is 0 Å². The van der Waals surface area contributed by atoms with Crippen LogP contribution in [-0.2, 0) is 14.8 Å². The molecule has 88 valence electrons. The predicted molar refractivity (Wildman–Crippen MR) is 54.5 cm³/mol. The Morgan fingerprint density at radius 3 is 2.67 bits per heavy atom. The average Bonchev–Trinajstić information content (AvgIpc) is 2.16. The number of sulfonamides is 1. The molecule has 0 aromatic rings. The normalized spacial score (nSPS) is 15.6. The quantitative estimate of drug-likeness (QED) is 0.604. The van der Waals surface area contributed by atoms with Crippen molar-refractivity contribution in [1.29, 1.82) is 5.26 Å². The fourth-order valence-electron chi connectivity index (χ4n) is 0.838. The van der Waals surface area contributed by atoms with Crippen molar-refractivity contribution < 1.29 is 18.3 Å². The molecule has 0 radical (unpaired) electrons. The molecule has 0 heterocycles. The van der Waals surface area contributed by atoms with Crippen LogP contribution in [0.4, 0.5) is 0 Å². The van der Waals surface area contributed by atoms with Gasteiger partial charge in [0.1, 0.15) is 0 Å². The number of nitrogens with zero attached hydrogens (tertiary/aromatic N) is 1. The van der Waals surface area contributed by atoms with Gasteiger partial charge >= 0.3 is 0 Å². The molecule has 0 aromatic heterocycles. The SMILES string of the molecule is COCC(O)CCNS(=O)(=O)C(C)C#N. The summed E-state index contributed by atoms with van der Waals surface area (Å²) in [5.74, 6) is 0. The first-order chi connectivity index (χ1) is 6.94. The number of hydrogen-bond acceptors (Lipinski definition) is 5. The minimum absolute atomic E-state index is 0.0961. The van der Waals surface area contributed by atoms with Crippen LogP contribution in [0.5, 0.6) is 0 Å². The highest BCUT2D eigenvalue weighted by atomic mass is 32.2. The molecule has 0 aliphatic carbocycles. The van der Waals surface area contributed by atoms with E-state index in [1.807, 2.05) is 0 Å². The summed E-state index contributed by atoms with van der Waals surface area (Å²) in [6.07, 6.45) is -0.444. The molecule has 2 N–H and O–H groups in total. The van der Waals surface area contributed by atoms with Gasteiger partial charge < -0.3 is 9.84 Å². The van der Waals surface area contributed by atoms with Crippen molar-refractivity contribution in [3.05, 3.63) is 0 Å². The molecule has 0 aromatic carbocycles. The molecule has 0 amide bonds. The van der Waals surface area contributed by atoms with Gasteiger partial charge in [0, 0.05) is 13.7 Å². The number of rotatable bonds is 7. The van der Waals surface area contributed by atoms with Crippen molar-refractivity contribution in [2.75, 3.05) is 20.3 Å². The first-order valence-corrected chi connectivity index (χ1v) is 6.03. The molecule has 0 spiro atoms. The highest BCUT2D eigenvalue weighted by Crippen LogP contribution is 1.97. The van der Waals surface area contributed by atoms with E-state index in [0.717, 1.165) is 0 Å². The molecule has 2 atom stereocenters. The molecule has 0 aliphatic rings. The number of ether oxygens (including phenoxy) is 1. The lowest BCUT2D eigenvalue weighted by Crippen LogP contribution is -2.34. The summed E-state index contributed by atoms with van der Waals surface area (Å²) < 4.78 is 29.4. The van der Waals surface area contributed by atoms with Gasteiger partial charge in [-0.1, -0.05) is 0 Å². The van der Waals surface area contributed by atoms with Crippen LogP contribution in [-0.4, -0.2) is 45.1 Å². The summed E-state index contributed by atoms with van der Waals surface area (Å²) in [6, 6.07) is 1.63. The van der Waals surface area contributed by atoms with E-state index in [0.29, 0.717) is 0 Å². The number of methoxy groups -OCH3 is 1. The van der Waals surface area contributed by atoms with Gasteiger partial charge in [0.05, 0.1) is 18.8 Å². The van der Waals surface area contributed by atoms with E-state index in [1.54, 1.807) is 6.07 Å². The number of nitriles is 1. The Bertz CT molecular complexity index is 309. The van der Waals surface area contributed by atoms with Crippen LogP contribution in [0.1, 0.15) is 13.3 Å². The predicted octanol–water partition coefficient (Wildman–Crippen LogP) is -0.785. The van der Waals surface area contributed by atoms with Gasteiger partial charge in [0.15, 0.2) is 5.25 Å². The first-order valence-electron chi connectivity index (χ1n) is 4.49. The second-order valence-electron chi connectivity index (χ2n) is 3.11. The van der Waals surface area contributed by atoms with Crippen LogP contribution in [0.3, 0.4) is 0 Å². The summed E-state index contributed by atoms with van der Waals surface area (Å²) in [7, 11) is -2.13. The Hall–Kier alpha value is -0.680. The Morgan fingerprint density at radius 2 is 2.20 bits per heavy atom. The number of hydrogen-bond donors (Lipinski definition) is 2. The zero-order valence-electron chi connectivity index (χ0n) is 8.80. The van der Waals surface area contributed by atoms with E-state index >= 15 is 0 Å². The van der Waals surface area contributed by atoms with E-state index in [1.165, 1.54) is 14.0 Å². The van der Waals surface area contributed by atoms with E-state index in [-0.39, 0.29) is 19.6 Å². The van der Waals surface area contributed by atoms with E-state index in [2.05, 4.69) is 9.46 Å². The molecular weight excluding hydrogens is 220 g/mol. The topological polar surface area (TPSA) is 99.4 Å². The average molecular weight is 236 g/mol. The standard InChI is InChI=1S/C8H16N2O4S/c1-7(5-9)15(12,13)10-4-3-8(11)6-14-2/h7-8,10-11H,3-4,6H2,1-2H3. The fourth-order valence-corrected chi connectivity index (χ4v) is 1.63. The first kappa shape index (κ1) is 14.3. The Labute approximate surface area is 89.9 Å². The second-order valence-corrected chi connectivity index (χ2v) is 5.19. The minimum Gasteiger partial charge on any atom is -0.391 e. The Morgan fingerprint density at radius 1 is 1.60 bits per heavy atom. The summed E-state index contributed by atoms with van der Waals surface area (Å²) >= 11 is 0. The monoisotopic (exact) mass is 236 g/mol. The smallest absolute Gasteiger partial charge is 0.227 e. The van der Waals surface area contributed by atoms with E-state index < -0.39 is 21.4 Å². The zero-order valence-corrected chi connectivity index (χ0v) is 9.62. The van der Waals surface area contributed by atoms with Crippen LogP contribution in [0.15, 0.2) is 0 Å². The molecule has 7 heteroatoms. The number of nitrogens with one attached hydrogen (secondary N) is 1. The maximum Gasteiger partial charge on any atom is 0.227 e. The van der Waals surface area contributed by atoms with Gasteiger partial charge in [0.2, 0.25) is 10.0 Å². The molecule has 2 unspecified atom stereocenters. The number of aliphatic hydroxyl groups excluding tert-OH is 1. The van der Waals surface area contributed by atoms with Crippen LogP contribution in [0.2, 0.25) is 0 Å². The lowest BCUT2D eigenvalue weighted by atomic mass is 10.3. The maximum atomic E-state index is 11.3. The van der Waals surface area contributed by atoms with Crippen molar-refractivity contribution in [3.8, 4) is 6.07 Å². The molecule has 0 saturated heterocycles. The third-order valence-electron chi connectivity index (χ3n) is 1.79. The Balaban J connectivity index is 3.92. The third-order valence-corrected chi connectivity index (χ3v) is 3.43. The van der Waals surface area contributed by atoms with Crippen molar-refractivity contribution in [1.82, 2.24) is 4.72 Å². The largest absolute Gasteiger partial charge is 0.391 e. The van der Waals surface area contributed by atoms with Gasteiger partial charge in [-0.2, -0.15) is 5.26 Å². The van der Waals surface area contributed by atoms with E-state index in [4.69, 9.17) is 5.26 Å². The summed E-state index contributed by atoms with van der Waals surface area (Å²) in [5.41, 5.74) is 0.